The number of aliphatic hydroxyl groups is 1. The first-order valence-corrected chi connectivity index (χ1v) is 32.7. The van der Waals surface area contributed by atoms with E-state index >= 15 is 0 Å². The molecule has 0 bridgehead atoms. The van der Waals surface area contributed by atoms with E-state index in [0.717, 1.165) is 122 Å². The first-order valence-electron chi connectivity index (χ1n) is 32.7. The molecule has 8 heteroatoms. The van der Waals surface area contributed by atoms with Gasteiger partial charge in [0.25, 0.3) is 0 Å². The highest BCUT2D eigenvalue weighted by molar-refractivity contribution is 5.76. The molecule has 1 aliphatic carbocycles. The molecule has 73 heavy (non-hydrogen) atoms. The molecule has 1 fully saturated rings. The van der Waals surface area contributed by atoms with Crippen LogP contribution in [0.15, 0.2) is 0 Å². The van der Waals surface area contributed by atoms with Crippen LogP contribution in [0.1, 0.15) is 337 Å². The zero-order valence-corrected chi connectivity index (χ0v) is 49.8. The molecular formula is C65H126N2O6. The van der Waals surface area contributed by atoms with Crippen molar-refractivity contribution in [2.24, 2.45) is 11.8 Å². The number of ether oxygens (including phenoxy) is 2. The van der Waals surface area contributed by atoms with E-state index in [9.17, 15) is 19.5 Å². The van der Waals surface area contributed by atoms with Gasteiger partial charge in [0.05, 0.1) is 19.3 Å². The largest absolute Gasteiger partial charge is 0.465 e. The number of nitrogens with zero attached hydrogens (tertiary/aromatic N) is 2. The molecule has 0 aromatic heterocycles. The number of rotatable bonds is 54. The summed E-state index contributed by atoms with van der Waals surface area (Å²) in [6.07, 6.45) is 51.8. The highest BCUT2D eigenvalue weighted by Gasteiger charge is 2.26. The van der Waals surface area contributed by atoms with Gasteiger partial charge in [-0.2, -0.15) is 0 Å². The predicted octanol–water partition coefficient (Wildman–Crippen LogP) is 18.6. The van der Waals surface area contributed by atoms with E-state index in [-0.39, 0.29) is 18.0 Å². The maximum Gasteiger partial charge on any atom is 0.305 e. The summed E-state index contributed by atoms with van der Waals surface area (Å²) in [6, 6.07) is 0.826. The molecule has 432 valence electrons. The standard InChI is InChI=1S/C65H126N2O6/c1-7-13-18-21-22-27-32-39-55-67(63(69)47-40-54-66(12-6)60-50-52-62(68)53-51-60)61(45-35-28-23-25-30-37-48-64(70)72-56-58(41-16-10-4)43-33-19-14-8-2)46-36-29-24-26-31-38-49-65(71)73-57-59(42-17-11-5)44-34-20-15-9-3/h58-62,68H,7-57H2,1-6H3. The molecule has 1 aliphatic rings. The minimum absolute atomic E-state index is 0.00931. The summed E-state index contributed by atoms with van der Waals surface area (Å²) in [5.74, 6) is 1.38. The summed E-state index contributed by atoms with van der Waals surface area (Å²) in [7, 11) is 0. The minimum Gasteiger partial charge on any atom is -0.465 e. The van der Waals surface area contributed by atoms with Gasteiger partial charge in [0, 0.05) is 37.9 Å². The van der Waals surface area contributed by atoms with Crippen LogP contribution in [0.4, 0.5) is 0 Å². The molecule has 8 nitrogen and oxygen atoms in total. The van der Waals surface area contributed by atoms with Gasteiger partial charge in [0.1, 0.15) is 0 Å². The summed E-state index contributed by atoms with van der Waals surface area (Å²) in [5.41, 5.74) is 0. The van der Waals surface area contributed by atoms with Gasteiger partial charge >= 0.3 is 11.9 Å². The average molecular weight is 1030 g/mol. The molecule has 2 atom stereocenters. The van der Waals surface area contributed by atoms with Crippen molar-refractivity contribution in [1.29, 1.82) is 0 Å². The van der Waals surface area contributed by atoms with Crippen LogP contribution in [-0.2, 0) is 23.9 Å². The topological polar surface area (TPSA) is 96.4 Å². The second-order valence-corrected chi connectivity index (χ2v) is 23.3. The van der Waals surface area contributed by atoms with Gasteiger partial charge in [-0.25, -0.2) is 0 Å². The molecule has 0 aliphatic heterocycles. The first-order chi connectivity index (χ1) is 35.7. The lowest BCUT2D eigenvalue weighted by atomic mass is 9.92. The summed E-state index contributed by atoms with van der Waals surface area (Å²) in [4.78, 5) is 44.8. The van der Waals surface area contributed by atoms with Crippen molar-refractivity contribution in [3.63, 3.8) is 0 Å². The van der Waals surface area contributed by atoms with Gasteiger partial charge in [-0.15, -0.1) is 0 Å². The van der Waals surface area contributed by atoms with Crippen LogP contribution in [0.3, 0.4) is 0 Å². The Morgan fingerprint density at radius 3 is 1.22 bits per heavy atom. The molecular weight excluding hydrogens is 905 g/mol. The Kier molecular flexibility index (Phi) is 48.5. The van der Waals surface area contributed by atoms with Crippen LogP contribution in [0.25, 0.3) is 0 Å². The Morgan fingerprint density at radius 1 is 0.411 bits per heavy atom. The highest BCUT2D eigenvalue weighted by Crippen LogP contribution is 2.26. The van der Waals surface area contributed by atoms with E-state index in [1.54, 1.807) is 0 Å². The van der Waals surface area contributed by atoms with Gasteiger partial charge in [0.2, 0.25) is 5.91 Å². The van der Waals surface area contributed by atoms with Crippen LogP contribution >= 0.6 is 0 Å². The zero-order chi connectivity index (χ0) is 53.3. The van der Waals surface area contributed by atoms with Crippen LogP contribution in [0, 0.1) is 11.8 Å². The highest BCUT2D eigenvalue weighted by atomic mass is 16.5. The van der Waals surface area contributed by atoms with Gasteiger partial charge in [-0.1, -0.05) is 228 Å². The number of unbranched alkanes of at least 4 members (excludes halogenated alkanes) is 25. The Hall–Kier alpha value is -1.67. The van der Waals surface area contributed by atoms with Gasteiger partial charge in [0.15, 0.2) is 0 Å². The number of amides is 1. The van der Waals surface area contributed by atoms with Gasteiger partial charge < -0.3 is 24.4 Å². The fourth-order valence-corrected chi connectivity index (χ4v) is 11.6. The molecule has 1 rings (SSSR count). The monoisotopic (exact) mass is 1030 g/mol. The molecule has 0 heterocycles. The number of carbonyl (C=O) groups excluding carboxylic acids is 3. The number of aliphatic hydroxyl groups excluding tert-OH is 1. The lowest BCUT2D eigenvalue weighted by Crippen LogP contribution is -2.42. The number of esters is 2. The van der Waals surface area contributed by atoms with E-state index in [1.807, 2.05) is 0 Å². The Labute approximate surface area is 454 Å². The second-order valence-electron chi connectivity index (χ2n) is 23.3. The molecule has 0 aromatic carbocycles. The van der Waals surface area contributed by atoms with Crippen molar-refractivity contribution in [2.75, 3.05) is 32.8 Å². The lowest BCUT2D eigenvalue weighted by Gasteiger charge is -2.36. The smallest absolute Gasteiger partial charge is 0.305 e. The summed E-state index contributed by atoms with van der Waals surface area (Å²) >= 11 is 0. The Bertz CT molecular complexity index is 1170. The van der Waals surface area contributed by atoms with E-state index in [0.29, 0.717) is 62.3 Å². The SMILES string of the molecule is CCCCCCCCCCN(C(=O)CCCN(CC)C1CCC(O)CC1)C(CCCCCCCCC(=O)OCC(CCCC)CCCCCC)CCCCCCCCC(=O)OCC(CCCC)CCCCCC. The average Bonchev–Trinajstić information content (AvgIpc) is 3.39. The molecule has 1 saturated carbocycles. The lowest BCUT2D eigenvalue weighted by molar-refractivity contribution is -0.146. The van der Waals surface area contributed by atoms with Crippen molar-refractivity contribution < 1.29 is 29.0 Å². The third-order valence-electron chi connectivity index (χ3n) is 16.6. The number of hydrogen-bond donors (Lipinski definition) is 1. The summed E-state index contributed by atoms with van der Waals surface area (Å²) in [5, 5.41) is 10.1. The third-order valence-corrected chi connectivity index (χ3v) is 16.6. The quantitative estimate of drug-likeness (QED) is 0.0479. The predicted molar refractivity (Wildman–Crippen MR) is 312 cm³/mol. The maximum atomic E-state index is 14.4. The maximum absolute atomic E-state index is 14.4. The fraction of sp³-hybridized carbons (Fsp3) is 0.954. The van der Waals surface area contributed by atoms with Crippen LogP contribution < -0.4 is 0 Å². The molecule has 0 aromatic rings. The van der Waals surface area contributed by atoms with Crippen LogP contribution in [0.5, 0.6) is 0 Å². The number of hydrogen-bond acceptors (Lipinski definition) is 7. The molecule has 0 saturated heterocycles. The summed E-state index contributed by atoms with van der Waals surface area (Å²) in [6.45, 7) is 17.6. The van der Waals surface area contributed by atoms with E-state index < -0.39 is 0 Å². The van der Waals surface area contributed by atoms with Crippen molar-refractivity contribution in [2.45, 2.75) is 355 Å². The van der Waals surface area contributed by atoms with Crippen molar-refractivity contribution in [3.8, 4) is 0 Å². The summed E-state index contributed by atoms with van der Waals surface area (Å²) < 4.78 is 11.6. The second kappa shape index (κ2) is 51.1. The minimum atomic E-state index is -0.143. The molecule has 2 unspecified atom stereocenters. The number of carbonyl (C=O) groups is 3. The van der Waals surface area contributed by atoms with Gasteiger partial charge in [-0.05, 0) is 115 Å². The molecule has 0 spiro atoms. The van der Waals surface area contributed by atoms with Gasteiger partial charge in [-0.3, -0.25) is 14.4 Å². The Morgan fingerprint density at radius 2 is 0.781 bits per heavy atom. The van der Waals surface area contributed by atoms with Crippen LogP contribution in [-0.4, -0.2) is 83.8 Å². The van der Waals surface area contributed by atoms with Crippen molar-refractivity contribution >= 4 is 17.8 Å². The van der Waals surface area contributed by atoms with Crippen molar-refractivity contribution in [1.82, 2.24) is 9.80 Å². The van der Waals surface area contributed by atoms with E-state index in [2.05, 4.69) is 51.3 Å². The van der Waals surface area contributed by atoms with Crippen LogP contribution in [0.2, 0.25) is 0 Å². The normalized spacial score (nSPS) is 16.2. The fourth-order valence-electron chi connectivity index (χ4n) is 11.6. The Balaban J connectivity index is 2.80. The third kappa shape index (κ3) is 40.2. The first kappa shape index (κ1) is 69.3. The molecule has 1 amide bonds. The van der Waals surface area contributed by atoms with E-state index in [1.165, 1.54) is 173 Å². The van der Waals surface area contributed by atoms with E-state index in [4.69, 9.17) is 9.47 Å². The zero-order valence-electron chi connectivity index (χ0n) is 49.8. The van der Waals surface area contributed by atoms with Crippen molar-refractivity contribution in [3.05, 3.63) is 0 Å². The molecule has 0 radical (unpaired) electrons. The molecule has 1 N–H and O–H groups in total.